The highest BCUT2D eigenvalue weighted by molar-refractivity contribution is 5.77. The standard InChI is InChI=1S/C13H21N3O/c1-10(2)13(17)14-7-8-16-12-6-4-3-5-11(12)9-15-16/h9-10H,3-8H2,1-2H3,(H,14,17). The van der Waals surface area contributed by atoms with Gasteiger partial charge >= 0.3 is 0 Å². The smallest absolute Gasteiger partial charge is 0.222 e. The van der Waals surface area contributed by atoms with Gasteiger partial charge in [-0.05, 0) is 31.2 Å². The first-order valence-corrected chi connectivity index (χ1v) is 6.49. The minimum Gasteiger partial charge on any atom is -0.354 e. The molecule has 0 saturated carbocycles. The van der Waals surface area contributed by atoms with E-state index in [-0.39, 0.29) is 11.8 Å². The SMILES string of the molecule is CC(C)C(=O)NCCn1ncc2c1CCCC2. The van der Waals surface area contributed by atoms with Crippen LogP contribution in [-0.2, 0) is 24.2 Å². The van der Waals surface area contributed by atoms with E-state index in [4.69, 9.17) is 0 Å². The van der Waals surface area contributed by atoms with Crippen LogP contribution in [0.25, 0.3) is 0 Å². The number of rotatable bonds is 4. The largest absolute Gasteiger partial charge is 0.354 e. The number of carbonyl (C=O) groups excluding carboxylic acids is 1. The third-order valence-electron chi connectivity index (χ3n) is 3.29. The predicted molar refractivity (Wildman–Crippen MR) is 66.7 cm³/mol. The molecule has 0 aromatic carbocycles. The van der Waals surface area contributed by atoms with E-state index in [2.05, 4.69) is 15.1 Å². The zero-order chi connectivity index (χ0) is 12.3. The lowest BCUT2D eigenvalue weighted by molar-refractivity contribution is -0.124. The van der Waals surface area contributed by atoms with E-state index in [1.54, 1.807) is 0 Å². The molecule has 94 valence electrons. The Kier molecular flexibility index (Phi) is 3.82. The van der Waals surface area contributed by atoms with Crippen molar-refractivity contribution in [3.8, 4) is 0 Å². The van der Waals surface area contributed by atoms with Gasteiger partial charge in [0.1, 0.15) is 0 Å². The molecule has 1 N–H and O–H groups in total. The molecule has 0 atom stereocenters. The molecule has 1 amide bonds. The number of amides is 1. The van der Waals surface area contributed by atoms with Crippen LogP contribution in [0.4, 0.5) is 0 Å². The van der Waals surface area contributed by atoms with Crippen molar-refractivity contribution in [2.45, 2.75) is 46.1 Å². The van der Waals surface area contributed by atoms with Crippen LogP contribution in [0.3, 0.4) is 0 Å². The Morgan fingerprint density at radius 1 is 1.47 bits per heavy atom. The fourth-order valence-electron chi connectivity index (χ4n) is 2.24. The predicted octanol–water partition coefficient (Wildman–Crippen LogP) is 1.53. The van der Waals surface area contributed by atoms with Gasteiger partial charge in [-0.3, -0.25) is 9.48 Å². The van der Waals surface area contributed by atoms with Gasteiger partial charge in [0.25, 0.3) is 0 Å². The Morgan fingerprint density at radius 2 is 2.24 bits per heavy atom. The highest BCUT2D eigenvalue weighted by Crippen LogP contribution is 2.20. The van der Waals surface area contributed by atoms with Crippen LogP contribution >= 0.6 is 0 Å². The number of fused-ring (bicyclic) bond motifs is 1. The molecule has 1 heterocycles. The average molecular weight is 235 g/mol. The molecule has 1 aliphatic rings. The van der Waals surface area contributed by atoms with Crippen molar-refractivity contribution >= 4 is 5.91 Å². The number of nitrogens with zero attached hydrogens (tertiary/aromatic N) is 2. The molecule has 2 rings (SSSR count). The molecule has 1 aromatic heterocycles. The van der Waals surface area contributed by atoms with Crippen LogP contribution in [0.2, 0.25) is 0 Å². The average Bonchev–Trinajstić information content (AvgIpc) is 2.72. The first kappa shape index (κ1) is 12.1. The lowest BCUT2D eigenvalue weighted by atomic mass is 9.98. The molecule has 1 aromatic rings. The number of hydrogen-bond acceptors (Lipinski definition) is 2. The van der Waals surface area contributed by atoms with Crippen molar-refractivity contribution in [1.82, 2.24) is 15.1 Å². The second-order valence-electron chi connectivity index (χ2n) is 4.99. The molecule has 0 fully saturated rings. The first-order chi connectivity index (χ1) is 8.18. The fraction of sp³-hybridized carbons (Fsp3) is 0.692. The van der Waals surface area contributed by atoms with Gasteiger partial charge < -0.3 is 5.32 Å². The summed E-state index contributed by atoms with van der Waals surface area (Å²) in [6.45, 7) is 5.27. The molecule has 0 aliphatic heterocycles. The molecule has 17 heavy (non-hydrogen) atoms. The van der Waals surface area contributed by atoms with Gasteiger partial charge in [0.2, 0.25) is 5.91 Å². The molecular formula is C13H21N3O. The lowest BCUT2D eigenvalue weighted by Crippen LogP contribution is -2.31. The number of carbonyl (C=O) groups is 1. The third-order valence-corrected chi connectivity index (χ3v) is 3.29. The number of aryl methyl sites for hydroxylation is 1. The van der Waals surface area contributed by atoms with Crippen molar-refractivity contribution in [2.24, 2.45) is 5.92 Å². The summed E-state index contributed by atoms with van der Waals surface area (Å²) in [5, 5.41) is 7.33. The summed E-state index contributed by atoms with van der Waals surface area (Å²) in [5.41, 5.74) is 2.77. The Morgan fingerprint density at radius 3 is 3.00 bits per heavy atom. The second kappa shape index (κ2) is 5.34. The van der Waals surface area contributed by atoms with Crippen molar-refractivity contribution in [3.63, 3.8) is 0 Å². The van der Waals surface area contributed by atoms with E-state index >= 15 is 0 Å². The van der Waals surface area contributed by atoms with Crippen molar-refractivity contribution in [2.75, 3.05) is 6.54 Å². The summed E-state index contributed by atoms with van der Waals surface area (Å²) in [5.74, 6) is 0.174. The molecule has 0 radical (unpaired) electrons. The number of nitrogens with one attached hydrogen (secondary N) is 1. The summed E-state index contributed by atoms with van der Waals surface area (Å²) in [6.07, 6.45) is 6.82. The Bertz CT molecular complexity index is 395. The quantitative estimate of drug-likeness (QED) is 0.860. The molecule has 0 unspecified atom stereocenters. The highest BCUT2D eigenvalue weighted by atomic mass is 16.1. The van der Waals surface area contributed by atoms with Gasteiger partial charge in [0.05, 0.1) is 12.7 Å². The molecule has 1 aliphatic carbocycles. The van der Waals surface area contributed by atoms with Crippen molar-refractivity contribution < 1.29 is 4.79 Å². The molecule has 4 heteroatoms. The maximum atomic E-state index is 11.4. The van der Waals surface area contributed by atoms with Crippen LogP contribution in [0.1, 0.15) is 37.9 Å². The van der Waals surface area contributed by atoms with Crippen LogP contribution in [0.5, 0.6) is 0 Å². The van der Waals surface area contributed by atoms with Crippen LogP contribution in [-0.4, -0.2) is 22.2 Å². The van der Waals surface area contributed by atoms with E-state index in [0.717, 1.165) is 19.4 Å². The van der Waals surface area contributed by atoms with Gasteiger partial charge in [-0.2, -0.15) is 5.10 Å². The summed E-state index contributed by atoms with van der Waals surface area (Å²) in [7, 11) is 0. The van der Waals surface area contributed by atoms with E-state index in [9.17, 15) is 4.79 Å². The van der Waals surface area contributed by atoms with Crippen molar-refractivity contribution in [1.29, 1.82) is 0 Å². The zero-order valence-corrected chi connectivity index (χ0v) is 10.7. The Labute approximate surface area is 102 Å². The maximum absolute atomic E-state index is 11.4. The van der Waals surface area contributed by atoms with Gasteiger partial charge in [-0.15, -0.1) is 0 Å². The van der Waals surface area contributed by atoms with E-state index in [0.29, 0.717) is 6.54 Å². The van der Waals surface area contributed by atoms with Gasteiger partial charge in [-0.1, -0.05) is 13.8 Å². The topological polar surface area (TPSA) is 46.9 Å². The second-order valence-corrected chi connectivity index (χ2v) is 4.99. The monoisotopic (exact) mass is 235 g/mol. The Balaban J connectivity index is 1.87. The molecule has 0 saturated heterocycles. The fourth-order valence-corrected chi connectivity index (χ4v) is 2.24. The normalized spacial score (nSPS) is 14.8. The first-order valence-electron chi connectivity index (χ1n) is 6.49. The minimum atomic E-state index is 0.0570. The van der Waals surface area contributed by atoms with Crippen LogP contribution in [0, 0.1) is 5.92 Å². The molecule has 4 nitrogen and oxygen atoms in total. The Hall–Kier alpha value is -1.32. The third kappa shape index (κ3) is 2.87. The van der Waals surface area contributed by atoms with Crippen molar-refractivity contribution in [3.05, 3.63) is 17.5 Å². The van der Waals surface area contributed by atoms with Gasteiger partial charge in [-0.25, -0.2) is 0 Å². The lowest BCUT2D eigenvalue weighted by Gasteiger charge is -2.14. The highest BCUT2D eigenvalue weighted by Gasteiger charge is 2.14. The van der Waals surface area contributed by atoms with Crippen LogP contribution in [0.15, 0.2) is 6.20 Å². The number of hydrogen-bond donors (Lipinski definition) is 1. The maximum Gasteiger partial charge on any atom is 0.222 e. The minimum absolute atomic E-state index is 0.0570. The molecular weight excluding hydrogens is 214 g/mol. The van der Waals surface area contributed by atoms with E-state index in [1.165, 1.54) is 24.1 Å². The van der Waals surface area contributed by atoms with E-state index < -0.39 is 0 Å². The number of aromatic nitrogens is 2. The summed E-state index contributed by atoms with van der Waals surface area (Å²) in [6, 6.07) is 0. The molecule has 0 spiro atoms. The summed E-state index contributed by atoms with van der Waals surface area (Å²) < 4.78 is 2.05. The summed E-state index contributed by atoms with van der Waals surface area (Å²) >= 11 is 0. The zero-order valence-electron chi connectivity index (χ0n) is 10.7. The summed E-state index contributed by atoms with van der Waals surface area (Å²) in [4.78, 5) is 11.4. The van der Waals surface area contributed by atoms with Gasteiger partial charge in [0, 0.05) is 18.2 Å². The molecule has 0 bridgehead atoms. The van der Waals surface area contributed by atoms with Gasteiger partial charge in [0.15, 0.2) is 0 Å². The van der Waals surface area contributed by atoms with E-state index in [1.807, 2.05) is 20.0 Å². The van der Waals surface area contributed by atoms with Crippen LogP contribution < -0.4 is 5.32 Å².